The molecule has 6 aromatic rings. The van der Waals surface area contributed by atoms with Crippen molar-refractivity contribution in [2.24, 2.45) is 0 Å². The third kappa shape index (κ3) is 2.50. The molecule has 0 unspecified atom stereocenters. The van der Waals surface area contributed by atoms with Crippen molar-refractivity contribution in [3.8, 4) is 11.1 Å². The van der Waals surface area contributed by atoms with Crippen LogP contribution in [0.5, 0.6) is 0 Å². The molecule has 0 radical (unpaired) electrons. The largest absolute Gasteiger partial charge is 0.243 e. The van der Waals surface area contributed by atoms with Crippen molar-refractivity contribution in [2.75, 3.05) is 0 Å². The van der Waals surface area contributed by atoms with Gasteiger partial charge in [-0.25, -0.2) is 0 Å². The Morgan fingerprint density at radius 2 is 1.06 bits per heavy atom. The first kappa shape index (κ1) is 19.9. The molecule has 1 heterocycles. The predicted molar refractivity (Wildman–Crippen MR) is 150 cm³/mol. The molecule has 162 valence electrons. The molecule has 0 saturated heterocycles. The molecule has 0 amide bonds. The number of hydrogen-bond acceptors (Lipinski definition) is 0. The standard InChI is InChI=1S/C33H27B/c1-18-13-20(3)32(21(4)14-18)34-28-12-11-24-10-9-23-7-6-8-25-17-26(31(28)30(24)29(23)25)27-16-19(2)15-22(5)33(27)34/h6-17H,1-5H3. The third-order valence-corrected chi connectivity index (χ3v) is 8.11. The second-order valence-electron chi connectivity index (χ2n) is 10.5. The van der Waals surface area contributed by atoms with Crippen molar-refractivity contribution in [1.29, 1.82) is 0 Å². The molecule has 7 rings (SSSR count). The van der Waals surface area contributed by atoms with Gasteiger partial charge < -0.3 is 0 Å². The average molecular weight is 434 g/mol. The SMILES string of the molecule is Cc1cc(C)c(B2c3c(C)cc(C)cc3-c3cc4cccc5ccc6ccc2c3c6c54)c(C)c1. The Hall–Kier alpha value is -3.58. The van der Waals surface area contributed by atoms with E-state index >= 15 is 0 Å². The van der Waals surface area contributed by atoms with Gasteiger partial charge in [-0.05, 0) is 84.1 Å². The first-order valence-electron chi connectivity index (χ1n) is 12.3. The number of benzene rings is 6. The van der Waals surface area contributed by atoms with E-state index in [0.29, 0.717) is 0 Å². The number of aryl methyl sites for hydroxylation is 5. The quantitative estimate of drug-likeness (QED) is 0.201. The highest BCUT2D eigenvalue weighted by Gasteiger charge is 2.35. The number of fused-ring (bicyclic) bond motifs is 2. The van der Waals surface area contributed by atoms with Crippen LogP contribution in [0, 0.1) is 34.6 Å². The van der Waals surface area contributed by atoms with Gasteiger partial charge in [-0.15, -0.1) is 0 Å². The van der Waals surface area contributed by atoms with Gasteiger partial charge in [0.15, 0.2) is 0 Å². The van der Waals surface area contributed by atoms with Gasteiger partial charge in [0.25, 0.3) is 0 Å². The summed E-state index contributed by atoms with van der Waals surface area (Å²) in [6.45, 7) is 11.6. The lowest BCUT2D eigenvalue weighted by molar-refractivity contribution is 1.35. The monoisotopic (exact) mass is 434 g/mol. The van der Waals surface area contributed by atoms with E-state index in [9.17, 15) is 0 Å². The van der Waals surface area contributed by atoms with Crippen LogP contribution in [0.25, 0.3) is 43.4 Å². The highest BCUT2D eigenvalue weighted by molar-refractivity contribution is 6.99. The minimum absolute atomic E-state index is 0.244. The summed E-state index contributed by atoms with van der Waals surface area (Å²) in [6, 6.07) is 28.1. The Bertz CT molecular complexity index is 1780. The highest BCUT2D eigenvalue weighted by atomic mass is 14.2. The van der Waals surface area contributed by atoms with Crippen molar-refractivity contribution < 1.29 is 0 Å². The minimum Gasteiger partial charge on any atom is -0.0657 e. The second kappa shape index (κ2) is 6.73. The molecule has 6 aromatic carbocycles. The van der Waals surface area contributed by atoms with Gasteiger partial charge in [0.05, 0.1) is 0 Å². The first-order valence-corrected chi connectivity index (χ1v) is 12.3. The molecule has 1 aliphatic rings. The summed E-state index contributed by atoms with van der Waals surface area (Å²) < 4.78 is 0. The van der Waals surface area contributed by atoms with Crippen molar-refractivity contribution in [2.45, 2.75) is 34.6 Å². The Balaban J connectivity index is 1.74. The van der Waals surface area contributed by atoms with Crippen LogP contribution in [-0.2, 0) is 0 Å². The van der Waals surface area contributed by atoms with Crippen molar-refractivity contribution in [3.63, 3.8) is 0 Å². The summed E-state index contributed by atoms with van der Waals surface area (Å²) in [5.41, 5.74) is 14.1. The lowest BCUT2D eigenvalue weighted by atomic mass is 9.32. The van der Waals surface area contributed by atoms with Crippen LogP contribution < -0.4 is 16.4 Å². The molecule has 0 bridgehead atoms. The topological polar surface area (TPSA) is 0 Å². The van der Waals surface area contributed by atoms with Crippen LogP contribution in [0.2, 0.25) is 0 Å². The first-order chi connectivity index (χ1) is 16.4. The summed E-state index contributed by atoms with van der Waals surface area (Å²) in [7, 11) is 0. The van der Waals surface area contributed by atoms with E-state index in [2.05, 4.69) is 107 Å². The maximum Gasteiger partial charge on any atom is 0.243 e. The Labute approximate surface area is 201 Å². The molecule has 0 aliphatic carbocycles. The minimum atomic E-state index is 0.244. The van der Waals surface area contributed by atoms with E-state index in [1.807, 2.05) is 0 Å². The fourth-order valence-electron chi connectivity index (χ4n) is 7.02. The van der Waals surface area contributed by atoms with Gasteiger partial charge in [0.1, 0.15) is 0 Å². The number of rotatable bonds is 1. The second-order valence-corrected chi connectivity index (χ2v) is 10.5. The van der Waals surface area contributed by atoms with Crippen LogP contribution in [0.15, 0.2) is 72.8 Å². The highest BCUT2D eigenvalue weighted by Crippen LogP contribution is 2.41. The van der Waals surface area contributed by atoms with Crippen LogP contribution in [0.4, 0.5) is 0 Å². The zero-order valence-corrected chi connectivity index (χ0v) is 20.5. The van der Waals surface area contributed by atoms with E-state index in [-0.39, 0.29) is 6.71 Å². The van der Waals surface area contributed by atoms with Gasteiger partial charge in [-0.3, -0.25) is 0 Å². The summed E-state index contributed by atoms with van der Waals surface area (Å²) in [6.07, 6.45) is 0. The molecule has 0 fully saturated rings. The molecule has 0 spiro atoms. The van der Waals surface area contributed by atoms with E-state index in [4.69, 9.17) is 0 Å². The zero-order chi connectivity index (χ0) is 23.3. The fourth-order valence-corrected chi connectivity index (χ4v) is 7.02. The molecule has 0 nitrogen and oxygen atoms in total. The van der Waals surface area contributed by atoms with Crippen LogP contribution in [-0.4, -0.2) is 6.71 Å². The Kier molecular flexibility index (Phi) is 3.93. The van der Waals surface area contributed by atoms with Gasteiger partial charge in [-0.2, -0.15) is 0 Å². The maximum absolute atomic E-state index is 2.45. The lowest BCUT2D eigenvalue weighted by Crippen LogP contribution is -2.57. The van der Waals surface area contributed by atoms with Crippen LogP contribution in [0.3, 0.4) is 0 Å². The lowest BCUT2D eigenvalue weighted by Gasteiger charge is -2.32. The van der Waals surface area contributed by atoms with Crippen molar-refractivity contribution in [3.05, 3.63) is 101 Å². The molecule has 34 heavy (non-hydrogen) atoms. The van der Waals surface area contributed by atoms with Gasteiger partial charge in [0.2, 0.25) is 6.71 Å². The fraction of sp³-hybridized carbons (Fsp3) is 0.152. The summed E-state index contributed by atoms with van der Waals surface area (Å²) in [5, 5.41) is 8.30. The average Bonchev–Trinajstić information content (AvgIpc) is 2.79. The van der Waals surface area contributed by atoms with Gasteiger partial charge >= 0.3 is 0 Å². The molecule has 0 N–H and O–H groups in total. The van der Waals surface area contributed by atoms with Crippen LogP contribution in [0.1, 0.15) is 27.8 Å². The molecule has 1 heteroatoms. The van der Waals surface area contributed by atoms with E-state index in [0.717, 1.165) is 0 Å². The Morgan fingerprint density at radius 3 is 1.79 bits per heavy atom. The van der Waals surface area contributed by atoms with E-state index < -0.39 is 0 Å². The molecular weight excluding hydrogens is 407 g/mol. The smallest absolute Gasteiger partial charge is 0.0657 e. The molecule has 0 atom stereocenters. The van der Waals surface area contributed by atoms with Crippen molar-refractivity contribution >= 4 is 55.4 Å². The van der Waals surface area contributed by atoms with Crippen LogP contribution >= 0.6 is 0 Å². The summed E-state index contributed by atoms with van der Waals surface area (Å²) in [5.74, 6) is 0. The molecule has 0 aromatic heterocycles. The summed E-state index contributed by atoms with van der Waals surface area (Å²) >= 11 is 0. The van der Waals surface area contributed by atoms with Crippen molar-refractivity contribution in [1.82, 2.24) is 0 Å². The molecular formula is C33H27B. The molecule has 1 aliphatic heterocycles. The Morgan fingerprint density at radius 1 is 0.471 bits per heavy atom. The predicted octanol–water partition coefficient (Wildman–Crippen LogP) is 6.62. The molecule has 0 saturated carbocycles. The third-order valence-electron chi connectivity index (χ3n) is 8.11. The maximum atomic E-state index is 2.45. The van der Waals surface area contributed by atoms with E-state index in [1.165, 1.54) is 87.6 Å². The summed E-state index contributed by atoms with van der Waals surface area (Å²) in [4.78, 5) is 0. The zero-order valence-electron chi connectivity index (χ0n) is 20.5. The van der Waals surface area contributed by atoms with Gasteiger partial charge in [0, 0.05) is 0 Å². The number of hydrogen-bond donors (Lipinski definition) is 0. The van der Waals surface area contributed by atoms with Gasteiger partial charge in [-0.1, -0.05) is 111 Å². The van der Waals surface area contributed by atoms with E-state index in [1.54, 1.807) is 0 Å². The normalized spacial score (nSPS) is 12.8.